The van der Waals surface area contributed by atoms with Crippen molar-refractivity contribution >= 4 is 53.4 Å². The molecule has 4 rings (SSSR count). The molecule has 0 N–H and O–H groups in total. The minimum absolute atomic E-state index is 0.456. The summed E-state index contributed by atoms with van der Waals surface area (Å²) in [5, 5.41) is 4.25. The largest absolute Gasteiger partial charge is 0.493 e. The molecule has 0 fully saturated rings. The maximum atomic E-state index is 6.60. The maximum absolute atomic E-state index is 6.60. The van der Waals surface area contributed by atoms with E-state index in [1.165, 1.54) is 0 Å². The lowest BCUT2D eigenvalue weighted by atomic mass is 9.92. The standard InChI is InChI=1S/C72H116Br2O26/c1-75-17-19-79-25-27-83-33-35-87-41-43-91-49-51-95-57-59-97-55-53-93-47-45-89-39-37-85-31-29-81-23-21-77-13-3-15-99-69-11-5-63-61-65(73)7-9-67(63)71(69)72-68-10-8-66(74)62-64(68)6-12-70(72)100-16-4-14-78-22-24-82-30-32-86-38-40-90-46-48-94-54-56-98-60-58-96-52-50-92-44-42-88-36-34-84-28-26-80-20-18-76-2/h5-12,61-62H,3-4,13-60H2,1-2H3. The lowest BCUT2D eigenvalue weighted by Gasteiger charge is -2.20. The Morgan fingerprint density at radius 3 is 0.570 bits per heavy atom. The molecule has 0 atom stereocenters. The Morgan fingerprint density at radius 1 is 0.200 bits per heavy atom. The third-order valence-electron chi connectivity index (χ3n) is 13.8. The molecule has 0 aliphatic carbocycles. The van der Waals surface area contributed by atoms with E-state index in [0.717, 1.165) is 53.1 Å². The Morgan fingerprint density at radius 2 is 0.380 bits per heavy atom. The third-order valence-corrected chi connectivity index (χ3v) is 14.8. The quantitative estimate of drug-likeness (QED) is 0.0377. The summed E-state index contributed by atoms with van der Waals surface area (Å²) in [6.45, 7) is 23.9. The van der Waals surface area contributed by atoms with Crippen LogP contribution in [0.4, 0.5) is 0 Å². The van der Waals surface area contributed by atoms with Gasteiger partial charge < -0.3 is 123 Å². The number of methoxy groups -OCH3 is 2. The molecule has 0 bridgehead atoms. The molecule has 0 aromatic heterocycles. The molecule has 0 amide bonds. The van der Waals surface area contributed by atoms with Gasteiger partial charge in [0.25, 0.3) is 0 Å². The molecule has 28 heteroatoms. The van der Waals surface area contributed by atoms with Crippen LogP contribution < -0.4 is 9.47 Å². The molecule has 26 nitrogen and oxygen atoms in total. The second kappa shape index (κ2) is 67.9. The highest BCUT2D eigenvalue weighted by molar-refractivity contribution is 9.10. The van der Waals surface area contributed by atoms with Gasteiger partial charge in [-0.3, -0.25) is 0 Å². The summed E-state index contributed by atoms with van der Waals surface area (Å²) in [6.07, 6.45) is 1.38. The Hall–Kier alpha value is -3.00. The summed E-state index contributed by atoms with van der Waals surface area (Å²) in [5.41, 5.74) is 1.93. The SMILES string of the molecule is COCCOCCOCCOCCOCCOCCOCCOCCOCCOCCOCCOCCCOc1ccc2cc(Br)ccc2c1-c1c(OCCCOCCOCCOCCOCCOCCOCCOCCOCCOCCOCCOCCOC)ccc2cc(Br)ccc12. The molecule has 0 unspecified atom stereocenters. The van der Waals surface area contributed by atoms with Crippen molar-refractivity contribution in [1.29, 1.82) is 0 Å². The Labute approximate surface area is 610 Å². The van der Waals surface area contributed by atoms with E-state index < -0.39 is 0 Å². The smallest absolute Gasteiger partial charge is 0.127 e. The topological polar surface area (TPSA) is 240 Å². The van der Waals surface area contributed by atoms with Crippen molar-refractivity contribution < 1.29 is 123 Å². The van der Waals surface area contributed by atoms with Gasteiger partial charge in [-0.05, 0) is 57.9 Å². The van der Waals surface area contributed by atoms with Crippen LogP contribution in [0.5, 0.6) is 11.5 Å². The van der Waals surface area contributed by atoms with Gasteiger partial charge >= 0.3 is 0 Å². The van der Waals surface area contributed by atoms with Crippen LogP contribution in [0.2, 0.25) is 0 Å². The van der Waals surface area contributed by atoms with Gasteiger partial charge in [-0.15, -0.1) is 0 Å². The van der Waals surface area contributed by atoms with E-state index in [9.17, 15) is 0 Å². The van der Waals surface area contributed by atoms with Gasteiger partial charge in [-0.25, -0.2) is 0 Å². The van der Waals surface area contributed by atoms with Crippen molar-refractivity contribution in [1.82, 2.24) is 0 Å². The normalized spacial score (nSPS) is 11.8. The molecule has 0 heterocycles. The molecule has 0 aliphatic heterocycles. The number of hydrogen-bond acceptors (Lipinski definition) is 26. The van der Waals surface area contributed by atoms with Crippen molar-refractivity contribution in [2.24, 2.45) is 0 Å². The molecule has 0 saturated heterocycles. The fourth-order valence-corrected chi connectivity index (χ4v) is 9.65. The Balaban J connectivity index is 0.939. The molecule has 0 radical (unpaired) electrons. The average Bonchev–Trinajstić information content (AvgIpc) is 0.753. The van der Waals surface area contributed by atoms with Gasteiger partial charge in [0, 0.05) is 60.3 Å². The summed E-state index contributed by atoms with van der Waals surface area (Å²) in [6, 6.07) is 20.9. The lowest BCUT2D eigenvalue weighted by Crippen LogP contribution is -2.15. The molecule has 0 saturated carbocycles. The first kappa shape index (κ1) is 89.4. The minimum atomic E-state index is 0.456. The van der Waals surface area contributed by atoms with Gasteiger partial charge in [0.2, 0.25) is 0 Å². The fraction of sp³-hybridized carbons (Fsp3) is 0.722. The molecule has 4 aromatic rings. The number of hydrogen-bond donors (Lipinski definition) is 0. The second-order valence-electron chi connectivity index (χ2n) is 21.5. The maximum Gasteiger partial charge on any atom is 0.127 e. The number of fused-ring (bicyclic) bond motifs is 2. The first-order chi connectivity index (χ1) is 49.6. The van der Waals surface area contributed by atoms with Crippen LogP contribution in [0, 0.1) is 0 Å². The highest BCUT2D eigenvalue weighted by Gasteiger charge is 2.20. The van der Waals surface area contributed by atoms with Gasteiger partial charge in [0.05, 0.1) is 304 Å². The molecule has 0 aliphatic rings. The monoisotopic (exact) mass is 1550 g/mol. The van der Waals surface area contributed by atoms with Crippen molar-refractivity contribution in [2.45, 2.75) is 12.8 Å². The van der Waals surface area contributed by atoms with E-state index in [-0.39, 0.29) is 0 Å². The first-order valence-electron chi connectivity index (χ1n) is 35.0. The predicted octanol–water partition coefficient (Wildman–Crippen LogP) is 8.38. The van der Waals surface area contributed by atoms with E-state index in [1.54, 1.807) is 14.2 Å². The van der Waals surface area contributed by atoms with Crippen LogP contribution in [0.15, 0.2) is 69.6 Å². The van der Waals surface area contributed by atoms with Crippen LogP contribution in [0.1, 0.15) is 12.8 Å². The number of halogens is 2. The number of ether oxygens (including phenoxy) is 26. The summed E-state index contributed by atoms with van der Waals surface area (Å²) >= 11 is 7.36. The molecular weight excluding hydrogens is 1440 g/mol. The molecule has 0 spiro atoms. The van der Waals surface area contributed by atoms with Crippen molar-refractivity contribution in [2.75, 3.05) is 331 Å². The molecule has 4 aromatic carbocycles. The van der Waals surface area contributed by atoms with E-state index in [2.05, 4.69) is 80.4 Å². The second-order valence-corrected chi connectivity index (χ2v) is 23.3. The molecular formula is C72H116Br2O26. The highest BCUT2D eigenvalue weighted by atomic mass is 79.9. The number of rotatable bonds is 77. The summed E-state index contributed by atoms with van der Waals surface area (Å²) in [5.74, 6) is 1.52. The van der Waals surface area contributed by atoms with Crippen molar-refractivity contribution in [3.05, 3.63) is 69.6 Å². The Bertz CT molecular complexity index is 2290. The molecule has 574 valence electrons. The zero-order valence-corrected chi connectivity index (χ0v) is 62.7. The average molecular weight is 1560 g/mol. The summed E-state index contributed by atoms with van der Waals surface area (Å²) in [7, 11) is 3.29. The van der Waals surface area contributed by atoms with Crippen LogP contribution >= 0.6 is 31.9 Å². The van der Waals surface area contributed by atoms with Crippen molar-refractivity contribution in [3.8, 4) is 22.6 Å². The van der Waals surface area contributed by atoms with Gasteiger partial charge in [-0.1, -0.05) is 56.1 Å². The van der Waals surface area contributed by atoms with Crippen LogP contribution in [-0.4, -0.2) is 331 Å². The number of benzene rings is 4. The van der Waals surface area contributed by atoms with Crippen LogP contribution in [0.25, 0.3) is 32.7 Å². The van der Waals surface area contributed by atoms with E-state index in [1.807, 2.05) is 12.1 Å². The van der Waals surface area contributed by atoms with Crippen LogP contribution in [-0.2, 0) is 114 Å². The zero-order valence-electron chi connectivity index (χ0n) is 59.5. The van der Waals surface area contributed by atoms with E-state index in [4.69, 9.17) is 123 Å². The highest BCUT2D eigenvalue weighted by Crippen LogP contribution is 2.46. The van der Waals surface area contributed by atoms with Gasteiger partial charge in [0.15, 0.2) is 0 Å². The summed E-state index contributed by atoms with van der Waals surface area (Å²) < 4.78 is 148. The Kier molecular flexibility index (Phi) is 60.7. The zero-order chi connectivity index (χ0) is 70.6. The first-order valence-corrected chi connectivity index (χ1v) is 36.6. The minimum Gasteiger partial charge on any atom is -0.493 e. The fourth-order valence-electron chi connectivity index (χ4n) is 8.89. The van der Waals surface area contributed by atoms with E-state index in [0.29, 0.717) is 330 Å². The molecule has 100 heavy (non-hydrogen) atoms. The lowest BCUT2D eigenvalue weighted by molar-refractivity contribution is -0.0280. The van der Waals surface area contributed by atoms with Crippen LogP contribution in [0.3, 0.4) is 0 Å². The van der Waals surface area contributed by atoms with Gasteiger partial charge in [0.1, 0.15) is 11.5 Å². The van der Waals surface area contributed by atoms with Crippen molar-refractivity contribution in [3.63, 3.8) is 0 Å². The van der Waals surface area contributed by atoms with E-state index >= 15 is 0 Å². The predicted molar refractivity (Wildman–Crippen MR) is 384 cm³/mol. The summed E-state index contributed by atoms with van der Waals surface area (Å²) in [4.78, 5) is 0. The van der Waals surface area contributed by atoms with Gasteiger partial charge in [-0.2, -0.15) is 0 Å². The third kappa shape index (κ3) is 48.9.